The molecule has 4 nitrogen and oxygen atoms in total. The number of benzene rings is 3. The van der Waals surface area contributed by atoms with E-state index in [2.05, 4.69) is 11.1 Å². The first-order chi connectivity index (χ1) is 14.2. The van der Waals surface area contributed by atoms with Crippen molar-refractivity contribution in [1.29, 1.82) is 5.26 Å². The van der Waals surface area contributed by atoms with Crippen LogP contribution in [0.5, 0.6) is 0 Å². The van der Waals surface area contributed by atoms with Crippen LogP contribution in [0.25, 0.3) is 12.2 Å². The second-order valence-electron chi connectivity index (χ2n) is 6.46. The molecule has 0 unspecified atom stereocenters. The van der Waals surface area contributed by atoms with Gasteiger partial charge >= 0.3 is 0 Å². The predicted octanol–water partition coefficient (Wildman–Crippen LogP) is 5.06. The Labute approximate surface area is 169 Å². The van der Waals surface area contributed by atoms with Gasteiger partial charge in [-0.05, 0) is 41.5 Å². The van der Waals surface area contributed by atoms with Crippen LogP contribution in [0.1, 0.15) is 16.7 Å². The number of nitrogens with zero attached hydrogens (tertiary/aromatic N) is 3. The summed E-state index contributed by atoms with van der Waals surface area (Å²) in [4.78, 5) is 19.3. The minimum atomic E-state index is -0.225. The van der Waals surface area contributed by atoms with E-state index in [4.69, 9.17) is 0 Å². The Morgan fingerprint density at radius 1 is 0.828 bits per heavy atom. The number of rotatable bonds is 4. The van der Waals surface area contributed by atoms with Gasteiger partial charge in [-0.1, -0.05) is 72.8 Å². The van der Waals surface area contributed by atoms with Gasteiger partial charge < -0.3 is 0 Å². The van der Waals surface area contributed by atoms with Gasteiger partial charge in [0.2, 0.25) is 0 Å². The van der Waals surface area contributed by atoms with E-state index in [0.29, 0.717) is 22.8 Å². The lowest BCUT2D eigenvalue weighted by molar-refractivity contribution is -0.113. The summed E-state index contributed by atoms with van der Waals surface area (Å²) in [5.41, 5.74) is 3.36. The molecule has 1 aliphatic heterocycles. The first-order valence-electron chi connectivity index (χ1n) is 9.18. The van der Waals surface area contributed by atoms with Crippen molar-refractivity contribution in [2.75, 3.05) is 4.90 Å². The third-order valence-corrected chi connectivity index (χ3v) is 4.45. The highest BCUT2D eigenvalue weighted by molar-refractivity contribution is 6.32. The van der Waals surface area contributed by atoms with E-state index in [-0.39, 0.29) is 5.91 Å². The summed E-state index contributed by atoms with van der Waals surface area (Å²) >= 11 is 0. The Hall–Kier alpha value is -4.23. The van der Waals surface area contributed by atoms with Crippen LogP contribution in [0, 0.1) is 11.3 Å². The molecule has 4 heteroatoms. The Morgan fingerprint density at radius 3 is 2.21 bits per heavy atom. The molecular weight excluding hydrogens is 358 g/mol. The zero-order valence-electron chi connectivity index (χ0n) is 15.6. The van der Waals surface area contributed by atoms with Gasteiger partial charge in [-0.3, -0.25) is 9.69 Å². The molecular formula is C25H17N3O. The second kappa shape index (κ2) is 8.20. The first-order valence-corrected chi connectivity index (χ1v) is 9.18. The summed E-state index contributed by atoms with van der Waals surface area (Å²) < 4.78 is 0. The van der Waals surface area contributed by atoms with Crippen molar-refractivity contribution >= 4 is 29.6 Å². The molecule has 4 rings (SSSR count). The number of aliphatic imine (C=N–C) groups is 1. The van der Waals surface area contributed by atoms with Crippen LogP contribution in [0.2, 0.25) is 0 Å². The Bertz CT molecular complexity index is 1170. The van der Waals surface area contributed by atoms with Gasteiger partial charge in [0, 0.05) is 0 Å². The molecule has 29 heavy (non-hydrogen) atoms. The second-order valence-corrected chi connectivity index (χ2v) is 6.46. The average molecular weight is 375 g/mol. The van der Waals surface area contributed by atoms with Crippen LogP contribution in [0.3, 0.4) is 0 Å². The quantitative estimate of drug-likeness (QED) is 0.599. The molecule has 1 amide bonds. The molecule has 0 radical (unpaired) electrons. The van der Waals surface area contributed by atoms with Crippen molar-refractivity contribution < 1.29 is 4.79 Å². The molecule has 138 valence electrons. The van der Waals surface area contributed by atoms with Crippen LogP contribution < -0.4 is 4.90 Å². The number of amides is 1. The summed E-state index contributed by atoms with van der Waals surface area (Å²) in [6.07, 6.45) is 5.50. The molecule has 0 saturated heterocycles. The SMILES string of the molecule is N#Cc1cccc(N2C(=O)/C(=C/c3ccccc3)N=C2/C=C/c2ccccc2)c1. The van der Waals surface area contributed by atoms with Gasteiger partial charge in [0.1, 0.15) is 11.5 Å². The van der Waals surface area contributed by atoms with E-state index in [1.807, 2.05) is 72.8 Å². The molecule has 0 atom stereocenters. The van der Waals surface area contributed by atoms with Crippen LogP contribution in [-0.4, -0.2) is 11.7 Å². The molecule has 1 aliphatic rings. The third kappa shape index (κ3) is 4.05. The van der Waals surface area contributed by atoms with Crippen molar-refractivity contribution in [3.63, 3.8) is 0 Å². The van der Waals surface area contributed by atoms with E-state index in [9.17, 15) is 10.1 Å². The van der Waals surface area contributed by atoms with Gasteiger partial charge in [-0.2, -0.15) is 5.26 Å². The molecule has 3 aromatic carbocycles. The highest BCUT2D eigenvalue weighted by Gasteiger charge is 2.30. The number of hydrogen-bond acceptors (Lipinski definition) is 3. The highest BCUT2D eigenvalue weighted by Crippen LogP contribution is 2.26. The van der Waals surface area contributed by atoms with Crippen LogP contribution in [-0.2, 0) is 4.79 Å². The van der Waals surface area contributed by atoms with Crippen molar-refractivity contribution in [1.82, 2.24) is 0 Å². The van der Waals surface area contributed by atoms with Gasteiger partial charge in [-0.15, -0.1) is 0 Å². The van der Waals surface area contributed by atoms with Crippen molar-refractivity contribution in [2.45, 2.75) is 0 Å². The predicted molar refractivity (Wildman–Crippen MR) is 116 cm³/mol. The number of carbonyl (C=O) groups is 1. The molecule has 0 fully saturated rings. The fourth-order valence-electron chi connectivity index (χ4n) is 3.05. The van der Waals surface area contributed by atoms with Crippen molar-refractivity contribution in [3.05, 3.63) is 113 Å². The van der Waals surface area contributed by atoms with Crippen LogP contribution in [0.15, 0.2) is 102 Å². The topological polar surface area (TPSA) is 56.5 Å². The smallest absolute Gasteiger partial charge is 0.266 e. The first kappa shape index (κ1) is 18.1. The molecule has 3 aromatic rings. The molecule has 0 N–H and O–H groups in total. The molecule has 1 heterocycles. The van der Waals surface area contributed by atoms with E-state index >= 15 is 0 Å². The van der Waals surface area contributed by atoms with E-state index in [1.165, 1.54) is 4.90 Å². The summed E-state index contributed by atoms with van der Waals surface area (Å²) in [6.45, 7) is 0. The Morgan fingerprint density at radius 2 is 1.52 bits per heavy atom. The van der Waals surface area contributed by atoms with E-state index in [0.717, 1.165) is 11.1 Å². The molecule has 0 saturated carbocycles. The van der Waals surface area contributed by atoms with Gasteiger partial charge in [0.15, 0.2) is 0 Å². The lowest BCUT2D eigenvalue weighted by Gasteiger charge is -2.16. The normalized spacial score (nSPS) is 15.0. The summed E-state index contributed by atoms with van der Waals surface area (Å²) in [5.74, 6) is 0.285. The zero-order valence-corrected chi connectivity index (χ0v) is 15.6. The molecule has 0 aromatic heterocycles. The standard InChI is InChI=1S/C25H17N3O/c26-18-21-12-7-13-22(16-21)28-24(15-14-19-8-3-1-4-9-19)27-23(25(28)29)17-20-10-5-2-6-11-20/h1-17H/b15-14+,23-17-. The van der Waals surface area contributed by atoms with Crippen molar-refractivity contribution in [2.24, 2.45) is 4.99 Å². The maximum atomic E-state index is 13.2. The minimum absolute atomic E-state index is 0.225. The highest BCUT2D eigenvalue weighted by atomic mass is 16.2. The monoisotopic (exact) mass is 375 g/mol. The van der Waals surface area contributed by atoms with Crippen LogP contribution in [0.4, 0.5) is 5.69 Å². The number of nitriles is 1. The Balaban J connectivity index is 1.76. The minimum Gasteiger partial charge on any atom is -0.266 e. The summed E-state index contributed by atoms with van der Waals surface area (Å²) in [6, 6.07) is 28.5. The van der Waals surface area contributed by atoms with Gasteiger partial charge in [0.05, 0.1) is 17.3 Å². The maximum absolute atomic E-state index is 13.2. The van der Waals surface area contributed by atoms with Crippen molar-refractivity contribution in [3.8, 4) is 6.07 Å². The Kier molecular flexibility index (Phi) is 5.13. The largest absolute Gasteiger partial charge is 0.282 e. The molecule has 0 bridgehead atoms. The summed E-state index contributed by atoms with van der Waals surface area (Å²) in [7, 11) is 0. The molecule has 0 spiro atoms. The average Bonchev–Trinajstić information content (AvgIpc) is 3.08. The maximum Gasteiger partial charge on any atom is 0.282 e. The van der Waals surface area contributed by atoms with Crippen LogP contribution >= 0.6 is 0 Å². The third-order valence-electron chi connectivity index (χ3n) is 4.45. The fraction of sp³-hybridized carbons (Fsp3) is 0. The number of amidine groups is 1. The van der Waals surface area contributed by atoms with Gasteiger partial charge in [-0.25, -0.2) is 4.99 Å². The van der Waals surface area contributed by atoms with E-state index < -0.39 is 0 Å². The lowest BCUT2D eigenvalue weighted by Crippen LogP contribution is -2.30. The van der Waals surface area contributed by atoms with Gasteiger partial charge in [0.25, 0.3) is 5.91 Å². The number of hydrogen-bond donors (Lipinski definition) is 0. The zero-order chi connectivity index (χ0) is 20.1. The fourth-order valence-corrected chi connectivity index (χ4v) is 3.05. The summed E-state index contributed by atoms with van der Waals surface area (Å²) in [5, 5.41) is 9.23. The lowest BCUT2D eigenvalue weighted by atomic mass is 10.1. The number of carbonyl (C=O) groups excluding carboxylic acids is 1. The van der Waals surface area contributed by atoms with E-state index in [1.54, 1.807) is 30.3 Å². The molecule has 0 aliphatic carbocycles. The number of anilines is 1.